The lowest BCUT2D eigenvalue weighted by molar-refractivity contribution is 0.301. The topological polar surface area (TPSA) is 22.1 Å². The Bertz CT molecular complexity index is 560. The summed E-state index contributed by atoms with van der Waals surface area (Å²) in [7, 11) is 0. The minimum absolute atomic E-state index is 0.263. The summed E-state index contributed by atoms with van der Waals surface area (Å²) in [5.74, 6) is 0.246. The van der Waals surface area contributed by atoms with Gasteiger partial charge in [-0.1, -0.05) is 40.3 Å². The zero-order valence-corrected chi connectivity index (χ0v) is 13.2. The van der Waals surface area contributed by atoms with Crippen molar-refractivity contribution >= 4 is 34.2 Å². The van der Waals surface area contributed by atoms with Crippen molar-refractivity contribution in [3.63, 3.8) is 0 Å². The van der Waals surface area contributed by atoms with Crippen LogP contribution >= 0.6 is 34.2 Å². The van der Waals surface area contributed by atoms with Crippen LogP contribution in [0.2, 0.25) is 5.02 Å². The van der Waals surface area contributed by atoms with Crippen molar-refractivity contribution in [2.75, 3.05) is 0 Å². The number of pyridine rings is 1. The highest BCUT2D eigenvalue weighted by atomic mass is 127. The van der Waals surface area contributed by atoms with Crippen molar-refractivity contribution in [1.29, 1.82) is 0 Å². The van der Waals surface area contributed by atoms with Gasteiger partial charge in [-0.15, -0.1) is 0 Å². The summed E-state index contributed by atoms with van der Waals surface area (Å²) < 4.78 is 18.7. The van der Waals surface area contributed by atoms with Crippen LogP contribution in [0.15, 0.2) is 36.5 Å². The first kappa shape index (κ1) is 14.5. The van der Waals surface area contributed by atoms with E-state index < -0.39 is 0 Å². The van der Waals surface area contributed by atoms with E-state index in [2.05, 4.69) is 34.5 Å². The van der Waals surface area contributed by atoms with E-state index in [0.717, 1.165) is 5.56 Å². The molecule has 0 saturated carbocycles. The summed E-state index contributed by atoms with van der Waals surface area (Å²) in [4.78, 5) is 3.92. The number of hydrogen-bond donors (Lipinski definition) is 0. The van der Waals surface area contributed by atoms with Gasteiger partial charge in [-0.25, -0.2) is 4.39 Å². The van der Waals surface area contributed by atoms with E-state index in [1.54, 1.807) is 6.07 Å². The Kier molecular flexibility index (Phi) is 4.99. The maximum atomic E-state index is 12.7. The quantitative estimate of drug-likeness (QED) is 0.543. The molecule has 0 amide bonds. The molecule has 2 rings (SSSR count). The Morgan fingerprint density at radius 2 is 2.16 bits per heavy atom. The largest absolute Gasteiger partial charge is 0.486 e. The lowest BCUT2D eigenvalue weighted by Gasteiger charge is -2.10. The van der Waals surface area contributed by atoms with E-state index in [1.165, 1.54) is 12.3 Å². The molecule has 0 saturated heterocycles. The molecule has 0 fully saturated rings. The first-order valence-corrected chi connectivity index (χ1v) is 7.35. The predicted octanol–water partition coefficient (Wildman–Crippen LogP) is 4.95. The highest BCUT2D eigenvalue weighted by molar-refractivity contribution is 14.1. The Morgan fingerprint density at radius 1 is 1.37 bits per heavy atom. The maximum Gasteiger partial charge on any atom is 0.141 e. The summed E-state index contributed by atoms with van der Waals surface area (Å²) in [5, 5.41) is 0.572. The molecule has 1 aromatic heterocycles. The summed E-state index contributed by atoms with van der Waals surface area (Å²) in [6.45, 7) is 2.36. The third-order valence-corrected chi connectivity index (χ3v) is 3.59. The van der Waals surface area contributed by atoms with Gasteiger partial charge >= 0.3 is 0 Å². The van der Waals surface area contributed by atoms with Crippen molar-refractivity contribution in [3.8, 4) is 5.75 Å². The van der Waals surface area contributed by atoms with E-state index in [4.69, 9.17) is 16.3 Å². The van der Waals surface area contributed by atoms with Crippen LogP contribution in [-0.4, -0.2) is 4.98 Å². The molecule has 0 N–H and O–H groups in total. The highest BCUT2D eigenvalue weighted by Crippen LogP contribution is 2.31. The van der Waals surface area contributed by atoms with Gasteiger partial charge in [-0.05, 0) is 36.8 Å². The van der Waals surface area contributed by atoms with Gasteiger partial charge in [0, 0.05) is 3.92 Å². The highest BCUT2D eigenvalue weighted by Gasteiger charge is 2.07. The smallest absolute Gasteiger partial charge is 0.141 e. The van der Waals surface area contributed by atoms with Crippen molar-refractivity contribution in [3.05, 3.63) is 58.6 Å². The van der Waals surface area contributed by atoms with Gasteiger partial charge < -0.3 is 4.74 Å². The van der Waals surface area contributed by atoms with Crippen molar-refractivity contribution in [2.24, 2.45) is 0 Å². The lowest BCUT2D eigenvalue weighted by Crippen LogP contribution is -1.99. The molecule has 0 radical (unpaired) electrons. The summed E-state index contributed by atoms with van der Waals surface area (Å²) in [6.07, 6.45) is 1.17. The van der Waals surface area contributed by atoms with Crippen LogP contribution in [0.3, 0.4) is 0 Å². The fourth-order valence-corrected chi connectivity index (χ4v) is 2.16. The van der Waals surface area contributed by atoms with Crippen molar-refractivity contribution in [2.45, 2.75) is 17.5 Å². The molecule has 2 aromatic rings. The van der Waals surface area contributed by atoms with Crippen LogP contribution in [0.1, 0.15) is 22.1 Å². The predicted molar refractivity (Wildman–Crippen MR) is 82.4 cm³/mol. The minimum Gasteiger partial charge on any atom is -0.486 e. The van der Waals surface area contributed by atoms with E-state index in [9.17, 15) is 4.39 Å². The van der Waals surface area contributed by atoms with E-state index in [-0.39, 0.29) is 12.4 Å². The molecule has 100 valence electrons. The average molecular weight is 392 g/mol. The molecule has 19 heavy (non-hydrogen) atoms. The van der Waals surface area contributed by atoms with Gasteiger partial charge in [-0.3, -0.25) is 4.98 Å². The van der Waals surface area contributed by atoms with Gasteiger partial charge in [0.05, 0.1) is 16.9 Å². The molecule has 2 nitrogen and oxygen atoms in total. The number of halogens is 3. The molecule has 0 aliphatic heterocycles. The molecular weight excluding hydrogens is 380 g/mol. The lowest BCUT2D eigenvalue weighted by atomic mass is 10.2. The molecule has 0 spiro atoms. The molecule has 1 atom stereocenters. The van der Waals surface area contributed by atoms with Gasteiger partial charge in [0.25, 0.3) is 0 Å². The number of rotatable bonds is 4. The minimum atomic E-state index is -0.359. The van der Waals surface area contributed by atoms with Crippen LogP contribution in [-0.2, 0) is 6.61 Å². The van der Waals surface area contributed by atoms with Gasteiger partial charge in [0.15, 0.2) is 0 Å². The third-order valence-electron chi connectivity index (χ3n) is 2.58. The van der Waals surface area contributed by atoms with Crippen LogP contribution in [0.5, 0.6) is 5.75 Å². The number of hydrogen-bond acceptors (Lipinski definition) is 2. The summed E-state index contributed by atoms with van der Waals surface area (Å²) in [6, 6.07) is 8.66. The molecule has 5 heteroatoms. The number of nitrogens with zero attached hydrogens (tertiary/aromatic N) is 1. The van der Waals surface area contributed by atoms with Gasteiger partial charge in [0.2, 0.25) is 0 Å². The average Bonchev–Trinajstić information content (AvgIpc) is 2.39. The SMILES string of the molecule is CC(I)c1ccc(OCc2ccc(F)cn2)c(Cl)c1. The number of ether oxygens (including phenoxy) is 1. The van der Waals surface area contributed by atoms with Crippen molar-refractivity contribution < 1.29 is 9.13 Å². The molecule has 0 aliphatic carbocycles. The number of benzene rings is 1. The van der Waals surface area contributed by atoms with Crippen LogP contribution in [0.4, 0.5) is 4.39 Å². The van der Waals surface area contributed by atoms with E-state index >= 15 is 0 Å². The summed E-state index contributed by atoms with van der Waals surface area (Å²) >= 11 is 8.48. The van der Waals surface area contributed by atoms with Gasteiger partial charge in [-0.2, -0.15) is 0 Å². The Balaban J connectivity index is 2.05. The molecule has 0 bridgehead atoms. The van der Waals surface area contributed by atoms with E-state index in [1.807, 2.05) is 18.2 Å². The second-order valence-electron chi connectivity index (χ2n) is 4.06. The summed E-state index contributed by atoms with van der Waals surface area (Å²) in [5.41, 5.74) is 1.81. The Labute approximate surface area is 130 Å². The zero-order chi connectivity index (χ0) is 13.8. The first-order valence-electron chi connectivity index (χ1n) is 5.73. The molecule has 1 aromatic carbocycles. The monoisotopic (exact) mass is 391 g/mol. The number of aromatic nitrogens is 1. The second-order valence-corrected chi connectivity index (χ2v) is 6.34. The van der Waals surface area contributed by atoms with Crippen LogP contribution < -0.4 is 4.74 Å². The van der Waals surface area contributed by atoms with Gasteiger partial charge in [0.1, 0.15) is 18.2 Å². The van der Waals surface area contributed by atoms with E-state index in [0.29, 0.717) is 20.4 Å². The van der Waals surface area contributed by atoms with Crippen LogP contribution in [0.25, 0.3) is 0 Å². The fraction of sp³-hybridized carbons (Fsp3) is 0.214. The third kappa shape index (κ3) is 4.04. The van der Waals surface area contributed by atoms with Crippen LogP contribution in [0, 0.1) is 5.82 Å². The molecule has 1 unspecified atom stereocenters. The maximum absolute atomic E-state index is 12.7. The second kappa shape index (κ2) is 6.52. The molecular formula is C14H12ClFINO. The first-order chi connectivity index (χ1) is 9.06. The zero-order valence-electron chi connectivity index (χ0n) is 10.2. The number of alkyl halides is 1. The fourth-order valence-electron chi connectivity index (χ4n) is 1.53. The standard InChI is InChI=1S/C14H12ClFINO/c1-9(17)10-2-5-14(13(15)6-10)19-8-12-4-3-11(16)7-18-12/h2-7,9H,8H2,1H3. The van der Waals surface area contributed by atoms with Crippen molar-refractivity contribution in [1.82, 2.24) is 4.98 Å². The normalized spacial score (nSPS) is 12.2. The molecule has 0 aliphatic rings. The Morgan fingerprint density at radius 3 is 2.74 bits per heavy atom. The Hall–Kier alpha value is -0.880. The molecule has 1 heterocycles.